The van der Waals surface area contributed by atoms with Crippen LogP contribution in [0, 0.1) is 5.82 Å². The Morgan fingerprint density at radius 2 is 1.86 bits per heavy atom. The van der Waals surface area contributed by atoms with Crippen molar-refractivity contribution in [3.8, 4) is 11.8 Å². The molecule has 6 nitrogen and oxygen atoms in total. The summed E-state index contributed by atoms with van der Waals surface area (Å²) >= 11 is 0. The molecule has 104 valence electrons. The minimum Gasteiger partial charge on any atom is -0.478 e. The summed E-state index contributed by atoms with van der Waals surface area (Å²) in [6.07, 6.45) is 0. The van der Waals surface area contributed by atoms with Crippen molar-refractivity contribution in [2.45, 2.75) is 0 Å². The van der Waals surface area contributed by atoms with Crippen LogP contribution in [0.5, 0.6) is 11.8 Å². The Labute approximate surface area is 117 Å². The minimum atomic E-state index is -1.34. The van der Waals surface area contributed by atoms with E-state index in [1.807, 2.05) is 0 Å². The Morgan fingerprint density at radius 3 is 2.57 bits per heavy atom. The smallest absolute Gasteiger partial charge is 0.341 e. The van der Waals surface area contributed by atoms with E-state index in [1.54, 1.807) is 24.3 Å². The van der Waals surface area contributed by atoms with Gasteiger partial charge >= 0.3 is 12.0 Å². The molecular weight excluding hydrogens is 277 g/mol. The molecular formula is C14H8FN3O3. The van der Waals surface area contributed by atoms with Crippen molar-refractivity contribution in [1.29, 1.82) is 0 Å². The number of rotatable bonds is 3. The van der Waals surface area contributed by atoms with Crippen molar-refractivity contribution in [1.82, 2.24) is 15.2 Å². The fraction of sp³-hybridized carbons (Fsp3) is 0. The standard InChI is InChI=1S/C14H8FN3O3/c15-10-7-8(5-6-9(10)13(19)20)21-14-16-11-3-1-2-4-12(11)17-18-14/h1-7H,(H,19,20). The average Bonchev–Trinajstić information content (AvgIpc) is 2.47. The third-order valence-corrected chi connectivity index (χ3v) is 2.72. The number of ether oxygens (including phenoxy) is 1. The molecule has 0 fully saturated rings. The molecule has 7 heteroatoms. The van der Waals surface area contributed by atoms with Crippen molar-refractivity contribution in [3.05, 3.63) is 53.8 Å². The van der Waals surface area contributed by atoms with Crippen molar-refractivity contribution in [2.24, 2.45) is 0 Å². The maximum Gasteiger partial charge on any atom is 0.341 e. The van der Waals surface area contributed by atoms with Crippen LogP contribution in [0.3, 0.4) is 0 Å². The zero-order valence-corrected chi connectivity index (χ0v) is 10.5. The number of benzene rings is 2. The fourth-order valence-corrected chi connectivity index (χ4v) is 1.75. The highest BCUT2D eigenvalue weighted by Gasteiger charge is 2.12. The Hall–Kier alpha value is -3.09. The van der Waals surface area contributed by atoms with Crippen LogP contribution in [0.15, 0.2) is 42.5 Å². The Kier molecular flexibility index (Phi) is 3.15. The van der Waals surface area contributed by atoms with E-state index < -0.39 is 17.3 Å². The van der Waals surface area contributed by atoms with Gasteiger partial charge in [0.1, 0.15) is 17.1 Å². The summed E-state index contributed by atoms with van der Waals surface area (Å²) in [4.78, 5) is 14.8. The molecule has 0 amide bonds. The van der Waals surface area contributed by atoms with Crippen molar-refractivity contribution in [2.75, 3.05) is 0 Å². The minimum absolute atomic E-state index is 0.0452. The van der Waals surface area contributed by atoms with Crippen LogP contribution in [0.2, 0.25) is 0 Å². The van der Waals surface area contributed by atoms with Gasteiger partial charge in [-0.15, -0.1) is 5.10 Å². The van der Waals surface area contributed by atoms with Crippen molar-refractivity contribution in [3.63, 3.8) is 0 Å². The summed E-state index contributed by atoms with van der Waals surface area (Å²) < 4.78 is 18.8. The number of halogens is 1. The van der Waals surface area contributed by atoms with Crippen LogP contribution in [-0.2, 0) is 0 Å². The average molecular weight is 285 g/mol. The van der Waals surface area contributed by atoms with Gasteiger partial charge in [-0.1, -0.05) is 17.2 Å². The number of nitrogens with zero attached hydrogens (tertiary/aromatic N) is 3. The maximum absolute atomic E-state index is 13.5. The number of fused-ring (bicyclic) bond motifs is 1. The molecule has 0 atom stereocenters. The van der Waals surface area contributed by atoms with Gasteiger partial charge in [-0.25, -0.2) is 9.18 Å². The summed E-state index contributed by atoms with van der Waals surface area (Å²) in [7, 11) is 0. The lowest BCUT2D eigenvalue weighted by atomic mass is 10.2. The first-order valence-electron chi connectivity index (χ1n) is 5.93. The van der Waals surface area contributed by atoms with Crippen LogP contribution in [-0.4, -0.2) is 26.3 Å². The van der Waals surface area contributed by atoms with E-state index >= 15 is 0 Å². The molecule has 0 saturated carbocycles. The Bertz CT molecular complexity index is 839. The second-order valence-corrected chi connectivity index (χ2v) is 4.13. The summed E-state index contributed by atoms with van der Waals surface area (Å²) in [6.45, 7) is 0. The number of carboxylic acid groups (broad SMARTS) is 1. The molecule has 0 aliphatic rings. The van der Waals surface area contributed by atoms with E-state index in [1.165, 1.54) is 6.07 Å². The van der Waals surface area contributed by atoms with E-state index in [4.69, 9.17) is 9.84 Å². The van der Waals surface area contributed by atoms with Crippen molar-refractivity contribution < 1.29 is 19.0 Å². The van der Waals surface area contributed by atoms with Crippen LogP contribution >= 0.6 is 0 Å². The second kappa shape index (κ2) is 5.12. The lowest BCUT2D eigenvalue weighted by molar-refractivity contribution is 0.0692. The third-order valence-electron chi connectivity index (χ3n) is 2.72. The molecule has 0 spiro atoms. The predicted molar refractivity (Wildman–Crippen MR) is 70.8 cm³/mol. The number of hydrogen-bond donors (Lipinski definition) is 1. The molecule has 0 radical (unpaired) electrons. The molecule has 1 heterocycles. The summed E-state index contributed by atoms with van der Waals surface area (Å²) in [6, 6.07) is 10.4. The van der Waals surface area contributed by atoms with Gasteiger partial charge in [0.2, 0.25) is 0 Å². The highest BCUT2D eigenvalue weighted by molar-refractivity contribution is 5.88. The first-order valence-corrected chi connectivity index (χ1v) is 5.93. The van der Waals surface area contributed by atoms with Gasteiger partial charge in [0.05, 0.1) is 11.1 Å². The van der Waals surface area contributed by atoms with Gasteiger partial charge in [0.25, 0.3) is 0 Å². The SMILES string of the molecule is O=C(O)c1ccc(Oc2nnc3ccccc3n2)cc1F. The van der Waals surface area contributed by atoms with Gasteiger partial charge in [-0.3, -0.25) is 0 Å². The fourth-order valence-electron chi connectivity index (χ4n) is 1.75. The maximum atomic E-state index is 13.5. The van der Waals surface area contributed by atoms with Gasteiger partial charge in [-0.2, -0.15) is 4.98 Å². The van der Waals surface area contributed by atoms with Crippen LogP contribution < -0.4 is 4.74 Å². The second-order valence-electron chi connectivity index (χ2n) is 4.13. The lowest BCUT2D eigenvalue weighted by Gasteiger charge is -2.05. The Morgan fingerprint density at radius 1 is 1.10 bits per heavy atom. The monoisotopic (exact) mass is 285 g/mol. The lowest BCUT2D eigenvalue weighted by Crippen LogP contribution is -2.01. The number of carbonyl (C=O) groups is 1. The van der Waals surface area contributed by atoms with Crippen LogP contribution in [0.25, 0.3) is 11.0 Å². The molecule has 0 aliphatic carbocycles. The van der Waals surface area contributed by atoms with Gasteiger partial charge in [-0.05, 0) is 24.3 Å². The van der Waals surface area contributed by atoms with Gasteiger partial charge < -0.3 is 9.84 Å². The summed E-state index contributed by atoms with van der Waals surface area (Å²) in [5.74, 6) is -2.15. The largest absolute Gasteiger partial charge is 0.478 e. The highest BCUT2D eigenvalue weighted by Crippen LogP contribution is 2.21. The highest BCUT2D eigenvalue weighted by atomic mass is 19.1. The molecule has 0 bridgehead atoms. The number of carboxylic acids is 1. The van der Waals surface area contributed by atoms with Crippen molar-refractivity contribution >= 4 is 17.0 Å². The molecule has 3 aromatic rings. The van der Waals surface area contributed by atoms with Gasteiger partial charge in [0.15, 0.2) is 0 Å². The summed E-state index contributed by atoms with van der Waals surface area (Å²) in [5.41, 5.74) is 0.766. The van der Waals surface area contributed by atoms with E-state index in [2.05, 4.69) is 15.2 Å². The molecule has 2 aromatic carbocycles. The molecule has 0 saturated heterocycles. The van der Waals surface area contributed by atoms with Crippen LogP contribution in [0.1, 0.15) is 10.4 Å². The van der Waals surface area contributed by atoms with E-state index in [-0.39, 0.29) is 11.8 Å². The third kappa shape index (κ3) is 2.62. The number of para-hydroxylation sites is 1. The molecule has 3 rings (SSSR count). The van der Waals surface area contributed by atoms with Crippen LogP contribution in [0.4, 0.5) is 4.39 Å². The summed E-state index contributed by atoms with van der Waals surface area (Å²) in [5, 5.41) is 16.4. The topological polar surface area (TPSA) is 85.2 Å². The van der Waals surface area contributed by atoms with E-state index in [0.29, 0.717) is 11.0 Å². The molecule has 21 heavy (non-hydrogen) atoms. The quantitative estimate of drug-likeness (QED) is 0.796. The zero-order valence-electron chi connectivity index (χ0n) is 10.5. The van der Waals surface area contributed by atoms with Gasteiger partial charge in [0, 0.05) is 6.07 Å². The first-order chi connectivity index (χ1) is 10.1. The Balaban J connectivity index is 1.91. The molecule has 0 unspecified atom stereocenters. The zero-order chi connectivity index (χ0) is 14.8. The predicted octanol–water partition coefficient (Wildman–Crippen LogP) is 2.65. The number of hydrogen-bond acceptors (Lipinski definition) is 5. The number of aromatic carboxylic acids is 1. The van der Waals surface area contributed by atoms with E-state index in [0.717, 1.165) is 12.1 Å². The normalized spacial score (nSPS) is 10.5. The number of aromatic nitrogens is 3. The molecule has 0 aliphatic heterocycles. The van der Waals surface area contributed by atoms with E-state index in [9.17, 15) is 9.18 Å². The molecule has 1 aromatic heterocycles. The first kappa shape index (κ1) is 12.9. The molecule has 1 N–H and O–H groups in total.